The smallest absolute Gasteiger partial charge is 0.313 e. The van der Waals surface area contributed by atoms with Crippen molar-refractivity contribution in [2.24, 2.45) is 0 Å². The lowest BCUT2D eigenvalue weighted by Gasteiger charge is -2.09. The number of halogens is 3. The maximum absolute atomic E-state index is 12.6. The summed E-state index contributed by atoms with van der Waals surface area (Å²) < 4.78 is 39.3. The fraction of sp³-hybridized carbons (Fsp3) is 0.308. The third kappa shape index (κ3) is 2.96. The normalized spacial score (nSPS) is 13.5. The number of hydrogen-bond acceptors (Lipinski definition) is 2. The van der Waals surface area contributed by atoms with Gasteiger partial charge < -0.3 is 5.32 Å². The number of alkyl halides is 3. The summed E-state index contributed by atoms with van der Waals surface area (Å²) in [6.07, 6.45) is -0.984. The van der Waals surface area contributed by atoms with Crippen LogP contribution in [-0.4, -0.2) is 16.8 Å². The van der Waals surface area contributed by atoms with Gasteiger partial charge in [-0.25, -0.2) is 4.68 Å². The fourth-order valence-corrected chi connectivity index (χ4v) is 1.69. The fourth-order valence-electron chi connectivity index (χ4n) is 1.69. The maximum atomic E-state index is 12.6. The van der Waals surface area contributed by atoms with E-state index in [2.05, 4.69) is 10.4 Å². The van der Waals surface area contributed by atoms with Gasteiger partial charge in [0.05, 0.1) is 17.4 Å². The van der Waals surface area contributed by atoms with Gasteiger partial charge in [-0.1, -0.05) is 6.07 Å². The SMILES string of the molecule is CNC(C)c1cnn(-c2cccc(C(F)(F)F)c2)c1. The Morgan fingerprint density at radius 3 is 2.68 bits per heavy atom. The number of benzene rings is 1. The molecule has 1 aromatic carbocycles. The zero-order chi connectivity index (χ0) is 14.0. The monoisotopic (exact) mass is 269 g/mol. The Bertz CT molecular complexity index is 560. The van der Waals surface area contributed by atoms with E-state index in [0.29, 0.717) is 5.69 Å². The number of hydrogen-bond donors (Lipinski definition) is 1. The van der Waals surface area contributed by atoms with Crippen LogP contribution in [-0.2, 0) is 6.18 Å². The summed E-state index contributed by atoms with van der Waals surface area (Å²) in [4.78, 5) is 0. The van der Waals surface area contributed by atoms with Gasteiger partial charge in [0.2, 0.25) is 0 Å². The van der Waals surface area contributed by atoms with E-state index in [-0.39, 0.29) is 6.04 Å². The van der Waals surface area contributed by atoms with Crippen LogP contribution in [0.1, 0.15) is 24.1 Å². The van der Waals surface area contributed by atoms with E-state index in [1.807, 2.05) is 14.0 Å². The predicted octanol–water partition coefficient (Wildman–Crippen LogP) is 3.17. The van der Waals surface area contributed by atoms with Gasteiger partial charge in [-0.3, -0.25) is 0 Å². The van der Waals surface area contributed by atoms with E-state index >= 15 is 0 Å². The summed E-state index contributed by atoms with van der Waals surface area (Å²) >= 11 is 0. The van der Waals surface area contributed by atoms with Gasteiger partial charge in [-0.15, -0.1) is 0 Å². The van der Waals surface area contributed by atoms with Crippen LogP contribution >= 0.6 is 0 Å². The van der Waals surface area contributed by atoms with Crippen molar-refractivity contribution in [1.29, 1.82) is 0 Å². The van der Waals surface area contributed by atoms with E-state index < -0.39 is 11.7 Å². The molecule has 102 valence electrons. The molecular formula is C13H14F3N3. The quantitative estimate of drug-likeness (QED) is 0.927. The van der Waals surface area contributed by atoms with Gasteiger partial charge in [0.15, 0.2) is 0 Å². The molecule has 0 saturated carbocycles. The Morgan fingerprint density at radius 1 is 1.32 bits per heavy atom. The highest BCUT2D eigenvalue weighted by atomic mass is 19.4. The summed E-state index contributed by atoms with van der Waals surface area (Å²) in [7, 11) is 1.81. The number of nitrogens with zero attached hydrogens (tertiary/aromatic N) is 2. The van der Waals surface area contributed by atoms with Crippen molar-refractivity contribution in [3.05, 3.63) is 47.8 Å². The van der Waals surface area contributed by atoms with Gasteiger partial charge in [0, 0.05) is 17.8 Å². The van der Waals surface area contributed by atoms with E-state index in [4.69, 9.17) is 0 Å². The van der Waals surface area contributed by atoms with Crippen LogP contribution in [0.3, 0.4) is 0 Å². The molecule has 0 saturated heterocycles. The first-order valence-electron chi connectivity index (χ1n) is 5.81. The van der Waals surface area contributed by atoms with Crippen molar-refractivity contribution in [1.82, 2.24) is 15.1 Å². The van der Waals surface area contributed by atoms with E-state index in [1.165, 1.54) is 10.7 Å². The molecule has 0 amide bonds. The topological polar surface area (TPSA) is 29.9 Å². The lowest BCUT2D eigenvalue weighted by molar-refractivity contribution is -0.137. The van der Waals surface area contributed by atoms with E-state index in [0.717, 1.165) is 17.7 Å². The first kappa shape index (κ1) is 13.6. The Hall–Kier alpha value is -1.82. The van der Waals surface area contributed by atoms with Gasteiger partial charge in [-0.2, -0.15) is 18.3 Å². The second-order valence-electron chi connectivity index (χ2n) is 4.28. The Balaban J connectivity index is 2.34. The first-order valence-corrected chi connectivity index (χ1v) is 5.81. The van der Waals surface area contributed by atoms with Crippen molar-refractivity contribution < 1.29 is 13.2 Å². The molecule has 0 aliphatic rings. The highest BCUT2D eigenvalue weighted by Crippen LogP contribution is 2.30. The van der Waals surface area contributed by atoms with Gasteiger partial charge in [-0.05, 0) is 32.2 Å². The van der Waals surface area contributed by atoms with Crippen LogP contribution in [0.25, 0.3) is 5.69 Å². The average Bonchev–Trinajstić information content (AvgIpc) is 2.86. The summed E-state index contributed by atoms with van der Waals surface area (Å²) in [6.45, 7) is 1.95. The molecule has 0 radical (unpaired) electrons. The van der Waals surface area contributed by atoms with Crippen LogP contribution in [0.5, 0.6) is 0 Å². The number of rotatable bonds is 3. The van der Waals surface area contributed by atoms with E-state index in [1.54, 1.807) is 18.5 Å². The Morgan fingerprint density at radius 2 is 2.05 bits per heavy atom. The minimum absolute atomic E-state index is 0.0968. The van der Waals surface area contributed by atoms with Crippen molar-refractivity contribution in [2.45, 2.75) is 19.1 Å². The lowest BCUT2D eigenvalue weighted by Crippen LogP contribution is -2.11. The molecule has 0 fully saturated rings. The van der Waals surface area contributed by atoms with Crippen molar-refractivity contribution >= 4 is 0 Å². The molecule has 1 N–H and O–H groups in total. The minimum atomic E-state index is -4.34. The van der Waals surface area contributed by atoms with Crippen molar-refractivity contribution in [2.75, 3.05) is 7.05 Å². The molecule has 2 aromatic rings. The molecule has 6 heteroatoms. The number of aromatic nitrogens is 2. The molecule has 0 bridgehead atoms. The molecule has 2 rings (SSSR count). The third-order valence-corrected chi connectivity index (χ3v) is 2.97. The largest absolute Gasteiger partial charge is 0.416 e. The molecule has 1 aromatic heterocycles. The van der Waals surface area contributed by atoms with Crippen LogP contribution in [0.2, 0.25) is 0 Å². The number of nitrogens with one attached hydrogen (secondary N) is 1. The molecule has 0 aliphatic carbocycles. The molecular weight excluding hydrogens is 255 g/mol. The Labute approximate surface area is 109 Å². The van der Waals surface area contributed by atoms with Crippen LogP contribution < -0.4 is 5.32 Å². The average molecular weight is 269 g/mol. The molecule has 3 nitrogen and oxygen atoms in total. The lowest BCUT2D eigenvalue weighted by atomic mass is 10.2. The summed E-state index contributed by atoms with van der Waals surface area (Å²) in [5, 5.41) is 7.14. The van der Waals surface area contributed by atoms with Crippen LogP contribution in [0.4, 0.5) is 13.2 Å². The molecule has 19 heavy (non-hydrogen) atoms. The van der Waals surface area contributed by atoms with Gasteiger partial charge in [0.25, 0.3) is 0 Å². The second-order valence-corrected chi connectivity index (χ2v) is 4.28. The zero-order valence-corrected chi connectivity index (χ0v) is 10.6. The van der Waals surface area contributed by atoms with Gasteiger partial charge >= 0.3 is 6.18 Å². The van der Waals surface area contributed by atoms with Gasteiger partial charge in [0.1, 0.15) is 0 Å². The van der Waals surface area contributed by atoms with E-state index in [9.17, 15) is 13.2 Å². The molecule has 1 unspecified atom stereocenters. The second kappa shape index (κ2) is 5.05. The molecule has 1 atom stereocenters. The van der Waals surface area contributed by atoms with Crippen molar-refractivity contribution in [3.8, 4) is 5.69 Å². The Kier molecular flexibility index (Phi) is 3.61. The maximum Gasteiger partial charge on any atom is 0.416 e. The van der Waals surface area contributed by atoms with Crippen molar-refractivity contribution in [3.63, 3.8) is 0 Å². The third-order valence-electron chi connectivity index (χ3n) is 2.97. The highest BCUT2D eigenvalue weighted by molar-refractivity contribution is 5.37. The minimum Gasteiger partial charge on any atom is -0.313 e. The summed E-state index contributed by atoms with van der Waals surface area (Å²) in [5.41, 5.74) is 0.632. The molecule has 0 aliphatic heterocycles. The summed E-state index contributed by atoms with van der Waals surface area (Å²) in [5.74, 6) is 0. The van der Waals surface area contributed by atoms with Crippen LogP contribution in [0, 0.1) is 0 Å². The zero-order valence-electron chi connectivity index (χ0n) is 10.6. The standard InChI is InChI=1S/C13H14F3N3/c1-9(17-2)10-7-18-19(8-10)12-5-3-4-11(6-12)13(14,15)16/h3-9,17H,1-2H3. The molecule has 0 spiro atoms. The van der Waals surface area contributed by atoms with Crippen LogP contribution in [0.15, 0.2) is 36.7 Å². The predicted molar refractivity (Wildman–Crippen MR) is 66.0 cm³/mol. The summed E-state index contributed by atoms with van der Waals surface area (Å²) in [6, 6.07) is 5.20. The molecule has 1 heterocycles. The highest BCUT2D eigenvalue weighted by Gasteiger charge is 2.30. The first-order chi connectivity index (χ1) is 8.91.